The first-order valence-electron chi connectivity index (χ1n) is 8.84. The normalized spacial score (nSPS) is 44.9. The molecule has 2 unspecified atom stereocenters. The molecule has 0 aromatic rings. The van der Waals surface area contributed by atoms with E-state index in [1.807, 2.05) is 0 Å². The van der Waals surface area contributed by atoms with Crippen LogP contribution in [0, 0.1) is 29.1 Å². The average Bonchev–Trinajstić information content (AvgIpc) is 2.42. The van der Waals surface area contributed by atoms with Crippen molar-refractivity contribution in [3.8, 4) is 0 Å². The summed E-state index contributed by atoms with van der Waals surface area (Å²) in [7, 11) is 0. The van der Waals surface area contributed by atoms with Crippen molar-refractivity contribution in [2.75, 3.05) is 0 Å². The van der Waals surface area contributed by atoms with Gasteiger partial charge in [0, 0.05) is 0 Å². The zero-order valence-corrected chi connectivity index (χ0v) is 14.2. The van der Waals surface area contributed by atoms with Gasteiger partial charge in [0.2, 0.25) is 0 Å². The van der Waals surface area contributed by atoms with Crippen molar-refractivity contribution >= 4 is 0 Å². The molecule has 4 saturated carbocycles. The van der Waals surface area contributed by atoms with Gasteiger partial charge in [-0.3, -0.25) is 0 Å². The number of halogens is 3. The van der Waals surface area contributed by atoms with Crippen LogP contribution >= 0.6 is 0 Å². The Hall–Kier alpha value is -0.250. The van der Waals surface area contributed by atoms with Crippen molar-refractivity contribution in [2.45, 2.75) is 84.1 Å². The van der Waals surface area contributed by atoms with Crippen LogP contribution in [0.3, 0.4) is 0 Å². The molecule has 1 nitrogen and oxygen atoms in total. The number of alkyl halides is 3. The minimum Gasteiger partial charge on any atom is -0.371 e. The van der Waals surface area contributed by atoms with E-state index in [9.17, 15) is 13.2 Å². The Bertz CT molecular complexity index is 403. The van der Waals surface area contributed by atoms with Crippen LogP contribution in [0.5, 0.6) is 0 Å². The molecule has 128 valence electrons. The molecule has 4 aliphatic rings. The van der Waals surface area contributed by atoms with Crippen LogP contribution in [0.2, 0.25) is 0 Å². The van der Waals surface area contributed by atoms with Gasteiger partial charge < -0.3 is 4.74 Å². The minimum atomic E-state index is -4.22. The van der Waals surface area contributed by atoms with E-state index in [1.54, 1.807) is 13.8 Å². The predicted molar refractivity (Wildman–Crippen MR) is 80.5 cm³/mol. The molecule has 22 heavy (non-hydrogen) atoms. The molecule has 4 bridgehead atoms. The molecular formula is C18H29F3O. The summed E-state index contributed by atoms with van der Waals surface area (Å²) >= 11 is 0. The van der Waals surface area contributed by atoms with Crippen LogP contribution in [0.4, 0.5) is 13.2 Å². The molecular weight excluding hydrogens is 289 g/mol. The highest BCUT2D eigenvalue weighted by Gasteiger charge is 2.60. The summed E-state index contributed by atoms with van der Waals surface area (Å²) in [5.41, 5.74) is -2.11. The molecule has 4 fully saturated rings. The van der Waals surface area contributed by atoms with Crippen molar-refractivity contribution in [3.63, 3.8) is 0 Å². The van der Waals surface area contributed by atoms with Crippen LogP contribution < -0.4 is 0 Å². The van der Waals surface area contributed by atoms with Gasteiger partial charge in [-0.1, -0.05) is 6.92 Å². The maximum Gasteiger partial charge on any atom is 0.396 e. The van der Waals surface area contributed by atoms with E-state index in [1.165, 1.54) is 13.3 Å². The largest absolute Gasteiger partial charge is 0.396 e. The summed E-state index contributed by atoms with van der Waals surface area (Å²) in [6, 6.07) is 0. The molecule has 0 aromatic heterocycles. The third-order valence-electron chi connectivity index (χ3n) is 7.47. The van der Waals surface area contributed by atoms with E-state index in [0.717, 1.165) is 37.5 Å². The summed E-state index contributed by atoms with van der Waals surface area (Å²) in [6.45, 7) is 6.67. The molecule has 0 saturated heterocycles. The van der Waals surface area contributed by atoms with E-state index in [4.69, 9.17) is 4.74 Å². The Labute approximate surface area is 132 Å². The molecule has 4 heteroatoms. The molecule has 0 amide bonds. The van der Waals surface area contributed by atoms with Crippen LogP contribution in [0.1, 0.15) is 66.2 Å². The molecule has 0 radical (unpaired) electrons. The van der Waals surface area contributed by atoms with E-state index in [2.05, 4.69) is 6.92 Å². The van der Waals surface area contributed by atoms with Gasteiger partial charge in [-0.05, 0) is 83.0 Å². The van der Waals surface area contributed by atoms with Gasteiger partial charge in [-0.2, -0.15) is 13.2 Å². The topological polar surface area (TPSA) is 9.23 Å². The molecule has 4 rings (SSSR count). The van der Waals surface area contributed by atoms with Crippen molar-refractivity contribution in [1.29, 1.82) is 0 Å². The predicted octanol–water partition coefficient (Wildman–Crippen LogP) is 5.58. The van der Waals surface area contributed by atoms with Gasteiger partial charge in [0.15, 0.2) is 0 Å². The van der Waals surface area contributed by atoms with Gasteiger partial charge in [0.25, 0.3) is 0 Å². The standard InChI is InChI=1S/C18H29F3O/c1-5-16(3,18(19,20)21)11(2)22-17(4)14-7-12-6-13(9-14)10-15(17)8-12/h11-15H,5-10H2,1-4H3. The quantitative estimate of drug-likeness (QED) is 0.657. The van der Waals surface area contributed by atoms with Crippen molar-refractivity contribution in [1.82, 2.24) is 0 Å². The lowest BCUT2D eigenvalue weighted by molar-refractivity contribution is -0.293. The Morgan fingerprint density at radius 1 is 1.05 bits per heavy atom. The SMILES string of the molecule is CCC(C)(C(C)OC1(C)C2CC3CC(C2)CC1C3)C(F)(F)F. The van der Waals surface area contributed by atoms with E-state index in [-0.39, 0.29) is 12.0 Å². The summed E-state index contributed by atoms with van der Waals surface area (Å²) < 4.78 is 46.8. The number of hydrogen-bond acceptors (Lipinski definition) is 1. The molecule has 0 N–H and O–H groups in total. The van der Waals surface area contributed by atoms with Crippen molar-refractivity contribution in [2.24, 2.45) is 29.1 Å². The first-order valence-corrected chi connectivity index (χ1v) is 8.84. The van der Waals surface area contributed by atoms with Crippen LogP contribution in [-0.4, -0.2) is 17.9 Å². The fourth-order valence-corrected chi connectivity index (χ4v) is 5.54. The number of ether oxygens (including phenoxy) is 1. The zero-order valence-electron chi connectivity index (χ0n) is 14.2. The van der Waals surface area contributed by atoms with Gasteiger partial charge in [0.1, 0.15) is 0 Å². The molecule has 4 aliphatic carbocycles. The summed E-state index contributed by atoms with van der Waals surface area (Å²) in [5.74, 6) is 2.52. The lowest BCUT2D eigenvalue weighted by atomic mass is 9.50. The Morgan fingerprint density at radius 2 is 1.50 bits per heavy atom. The second kappa shape index (κ2) is 5.12. The molecule has 0 spiro atoms. The lowest BCUT2D eigenvalue weighted by Gasteiger charge is -2.61. The first-order chi connectivity index (χ1) is 10.1. The van der Waals surface area contributed by atoms with Gasteiger partial charge in [-0.25, -0.2) is 0 Å². The van der Waals surface area contributed by atoms with E-state index < -0.39 is 17.7 Å². The monoisotopic (exact) mass is 318 g/mol. The molecule has 0 aliphatic heterocycles. The van der Waals surface area contributed by atoms with E-state index >= 15 is 0 Å². The van der Waals surface area contributed by atoms with Gasteiger partial charge in [0.05, 0.1) is 17.1 Å². The molecule has 0 aromatic carbocycles. The summed E-state index contributed by atoms with van der Waals surface area (Å²) in [4.78, 5) is 0. The van der Waals surface area contributed by atoms with Crippen LogP contribution in [0.15, 0.2) is 0 Å². The first kappa shape index (κ1) is 16.6. The fraction of sp³-hybridized carbons (Fsp3) is 1.00. The summed E-state index contributed by atoms with van der Waals surface area (Å²) in [6.07, 6.45) is 1.03. The highest BCUT2D eigenvalue weighted by atomic mass is 19.4. The fourth-order valence-electron chi connectivity index (χ4n) is 5.54. The lowest BCUT2D eigenvalue weighted by Crippen LogP contribution is -2.60. The third kappa shape index (κ3) is 2.32. The highest BCUT2D eigenvalue weighted by molar-refractivity contribution is 5.06. The van der Waals surface area contributed by atoms with Gasteiger partial charge in [-0.15, -0.1) is 0 Å². The summed E-state index contributed by atoms with van der Waals surface area (Å²) in [5, 5.41) is 0. The maximum atomic E-state index is 13.5. The minimum absolute atomic E-state index is 0.0638. The highest BCUT2D eigenvalue weighted by Crippen LogP contribution is 2.60. The van der Waals surface area contributed by atoms with Gasteiger partial charge >= 0.3 is 6.18 Å². The third-order valence-corrected chi connectivity index (χ3v) is 7.47. The average molecular weight is 318 g/mol. The second-order valence-corrected chi connectivity index (χ2v) is 8.52. The van der Waals surface area contributed by atoms with E-state index in [0.29, 0.717) is 11.8 Å². The van der Waals surface area contributed by atoms with Crippen molar-refractivity contribution < 1.29 is 17.9 Å². The number of hydrogen-bond donors (Lipinski definition) is 0. The molecule has 0 heterocycles. The maximum absolute atomic E-state index is 13.5. The van der Waals surface area contributed by atoms with Crippen LogP contribution in [0.25, 0.3) is 0 Å². The molecule has 2 atom stereocenters. The Morgan fingerprint density at radius 3 is 1.86 bits per heavy atom. The zero-order chi connectivity index (χ0) is 16.3. The van der Waals surface area contributed by atoms with Crippen LogP contribution in [-0.2, 0) is 4.74 Å². The Balaban J connectivity index is 1.80. The van der Waals surface area contributed by atoms with Crippen molar-refractivity contribution in [3.05, 3.63) is 0 Å². The second-order valence-electron chi connectivity index (χ2n) is 8.52. The Kier molecular flexibility index (Phi) is 3.87. The number of rotatable bonds is 4. The smallest absolute Gasteiger partial charge is 0.371 e.